The molecule has 13 heavy (non-hydrogen) atoms. The summed E-state index contributed by atoms with van der Waals surface area (Å²) in [4.78, 5) is 0. The maximum Gasteiger partial charge on any atom is 0.214 e. The summed E-state index contributed by atoms with van der Waals surface area (Å²) in [6.07, 6.45) is 3.43. The molecule has 78 valence electrons. The quantitative estimate of drug-likeness (QED) is 0.671. The second-order valence-electron chi connectivity index (χ2n) is 3.64. The second-order valence-corrected chi connectivity index (χ2v) is 5.51. The maximum atomic E-state index is 11.2. The second kappa shape index (κ2) is 4.39. The third-order valence-electron chi connectivity index (χ3n) is 2.58. The minimum atomic E-state index is -3.25. The Bertz CT molecular complexity index is 246. The minimum Gasteiger partial charge on any atom is -0.395 e. The van der Waals surface area contributed by atoms with Crippen LogP contribution in [0.5, 0.6) is 0 Å². The first-order valence-electron chi connectivity index (χ1n) is 4.66. The summed E-state index contributed by atoms with van der Waals surface area (Å²) in [5.74, 6) is 0.304. The van der Waals surface area contributed by atoms with E-state index in [9.17, 15) is 8.42 Å². The smallest absolute Gasteiger partial charge is 0.214 e. The van der Waals surface area contributed by atoms with Gasteiger partial charge in [0.25, 0.3) is 0 Å². The summed E-state index contributed by atoms with van der Waals surface area (Å²) >= 11 is 0. The van der Waals surface area contributed by atoms with Crippen LogP contribution in [0.15, 0.2) is 0 Å². The topological polar surface area (TPSA) is 66.4 Å². The summed E-state index contributed by atoms with van der Waals surface area (Å²) < 4.78 is 25.0. The normalized spacial score (nSPS) is 21.1. The lowest BCUT2D eigenvalue weighted by Crippen LogP contribution is -2.42. The average Bonchev–Trinajstić information content (AvgIpc) is 1.79. The van der Waals surface area contributed by atoms with Crippen LogP contribution in [-0.2, 0) is 10.0 Å². The molecule has 4 nitrogen and oxygen atoms in total. The van der Waals surface area contributed by atoms with E-state index >= 15 is 0 Å². The van der Waals surface area contributed by atoms with Crippen LogP contribution in [0.4, 0.5) is 0 Å². The standard InChI is InChI=1S/C8H17NO3S/c1-7(8-3-2-4-8)9-13(11,12)6-5-10/h7-10H,2-6H2,1H3. The summed E-state index contributed by atoms with van der Waals surface area (Å²) in [6, 6.07) is 0.0188. The van der Waals surface area contributed by atoms with Crippen molar-refractivity contribution in [3.63, 3.8) is 0 Å². The molecule has 1 saturated carbocycles. The van der Waals surface area contributed by atoms with Gasteiger partial charge in [0.15, 0.2) is 0 Å². The van der Waals surface area contributed by atoms with Crippen LogP contribution in [0.2, 0.25) is 0 Å². The van der Waals surface area contributed by atoms with E-state index in [-0.39, 0.29) is 18.4 Å². The summed E-state index contributed by atoms with van der Waals surface area (Å²) in [5.41, 5.74) is 0. The number of sulfonamides is 1. The van der Waals surface area contributed by atoms with Gasteiger partial charge in [-0.3, -0.25) is 0 Å². The van der Waals surface area contributed by atoms with Crippen molar-refractivity contribution >= 4 is 10.0 Å². The van der Waals surface area contributed by atoms with Crippen molar-refractivity contribution in [1.82, 2.24) is 4.72 Å². The van der Waals surface area contributed by atoms with Crippen molar-refractivity contribution < 1.29 is 13.5 Å². The van der Waals surface area contributed by atoms with Crippen LogP contribution in [-0.4, -0.2) is 31.9 Å². The van der Waals surface area contributed by atoms with E-state index in [0.29, 0.717) is 5.92 Å². The van der Waals surface area contributed by atoms with Gasteiger partial charge in [0.05, 0.1) is 12.4 Å². The number of nitrogens with one attached hydrogen (secondary N) is 1. The monoisotopic (exact) mass is 207 g/mol. The van der Waals surface area contributed by atoms with Gasteiger partial charge in [-0.1, -0.05) is 6.42 Å². The molecule has 1 aliphatic carbocycles. The fourth-order valence-electron chi connectivity index (χ4n) is 1.50. The van der Waals surface area contributed by atoms with Crippen LogP contribution in [0.1, 0.15) is 26.2 Å². The maximum absolute atomic E-state index is 11.2. The molecule has 0 aromatic rings. The highest BCUT2D eigenvalue weighted by molar-refractivity contribution is 7.89. The molecule has 0 aromatic heterocycles. The predicted octanol–water partition coefficient (Wildman–Crippen LogP) is 0.0867. The van der Waals surface area contributed by atoms with Crippen molar-refractivity contribution in [2.45, 2.75) is 32.2 Å². The van der Waals surface area contributed by atoms with Gasteiger partial charge < -0.3 is 5.11 Å². The van der Waals surface area contributed by atoms with E-state index in [1.807, 2.05) is 6.92 Å². The van der Waals surface area contributed by atoms with Crippen molar-refractivity contribution in [3.8, 4) is 0 Å². The first-order valence-corrected chi connectivity index (χ1v) is 6.31. The Balaban J connectivity index is 2.37. The lowest BCUT2D eigenvalue weighted by Gasteiger charge is -2.31. The van der Waals surface area contributed by atoms with Gasteiger partial charge in [-0.25, -0.2) is 13.1 Å². The fraction of sp³-hybridized carbons (Fsp3) is 1.00. The Kier molecular flexibility index (Phi) is 3.70. The molecule has 2 N–H and O–H groups in total. The van der Waals surface area contributed by atoms with E-state index in [1.165, 1.54) is 6.42 Å². The molecule has 0 amide bonds. The summed E-state index contributed by atoms with van der Waals surface area (Å²) in [7, 11) is -3.25. The van der Waals surface area contributed by atoms with E-state index in [4.69, 9.17) is 5.11 Å². The van der Waals surface area contributed by atoms with Gasteiger partial charge in [-0.05, 0) is 25.7 Å². The predicted molar refractivity (Wildman–Crippen MR) is 50.8 cm³/mol. The molecule has 0 spiro atoms. The molecular formula is C8H17NO3S. The highest BCUT2D eigenvalue weighted by Gasteiger charge is 2.26. The van der Waals surface area contributed by atoms with Crippen molar-refractivity contribution in [1.29, 1.82) is 0 Å². The zero-order chi connectivity index (χ0) is 9.90. The van der Waals surface area contributed by atoms with Crippen molar-refractivity contribution in [3.05, 3.63) is 0 Å². The molecule has 0 heterocycles. The largest absolute Gasteiger partial charge is 0.395 e. The van der Waals surface area contributed by atoms with Crippen LogP contribution in [0.25, 0.3) is 0 Å². The first kappa shape index (κ1) is 10.9. The van der Waals surface area contributed by atoms with Crippen LogP contribution in [0, 0.1) is 5.92 Å². The van der Waals surface area contributed by atoms with Crippen molar-refractivity contribution in [2.75, 3.05) is 12.4 Å². The van der Waals surface area contributed by atoms with Gasteiger partial charge in [0.2, 0.25) is 10.0 Å². The van der Waals surface area contributed by atoms with Crippen molar-refractivity contribution in [2.24, 2.45) is 5.92 Å². The Hall–Kier alpha value is -0.130. The first-order chi connectivity index (χ1) is 6.05. The average molecular weight is 207 g/mol. The number of aliphatic hydroxyl groups is 1. The third-order valence-corrected chi connectivity index (χ3v) is 4.03. The number of hydrogen-bond acceptors (Lipinski definition) is 3. The number of aliphatic hydroxyl groups excluding tert-OH is 1. The molecule has 1 unspecified atom stereocenters. The molecule has 1 rings (SSSR count). The van der Waals surface area contributed by atoms with Gasteiger partial charge >= 0.3 is 0 Å². The minimum absolute atomic E-state index is 0.0188. The molecule has 0 aliphatic heterocycles. The van der Waals surface area contributed by atoms with Gasteiger partial charge in [0, 0.05) is 6.04 Å². The molecule has 0 radical (unpaired) electrons. The molecule has 1 atom stereocenters. The van der Waals surface area contributed by atoms with E-state index in [2.05, 4.69) is 4.72 Å². The van der Waals surface area contributed by atoms with Crippen LogP contribution < -0.4 is 4.72 Å². The lowest BCUT2D eigenvalue weighted by molar-refractivity contribution is 0.259. The zero-order valence-corrected chi connectivity index (χ0v) is 8.68. The zero-order valence-electron chi connectivity index (χ0n) is 7.86. The molecule has 0 saturated heterocycles. The van der Waals surface area contributed by atoms with E-state index in [1.54, 1.807) is 0 Å². The molecule has 1 fully saturated rings. The third kappa shape index (κ3) is 3.25. The Morgan fingerprint density at radius 1 is 1.54 bits per heavy atom. The highest BCUT2D eigenvalue weighted by Crippen LogP contribution is 2.29. The molecule has 0 bridgehead atoms. The Morgan fingerprint density at radius 2 is 2.15 bits per heavy atom. The molecule has 0 aromatic carbocycles. The summed E-state index contributed by atoms with van der Waals surface area (Å²) in [5, 5.41) is 8.51. The van der Waals surface area contributed by atoms with Gasteiger partial charge in [-0.15, -0.1) is 0 Å². The highest BCUT2D eigenvalue weighted by atomic mass is 32.2. The number of rotatable bonds is 5. The van der Waals surface area contributed by atoms with Gasteiger partial charge in [-0.2, -0.15) is 0 Å². The SMILES string of the molecule is CC(NS(=O)(=O)CCO)C1CCC1. The Labute approximate surface area is 79.4 Å². The molecular weight excluding hydrogens is 190 g/mol. The molecule has 5 heteroatoms. The van der Waals surface area contributed by atoms with E-state index in [0.717, 1.165) is 12.8 Å². The van der Waals surface area contributed by atoms with Gasteiger partial charge in [0.1, 0.15) is 0 Å². The Morgan fingerprint density at radius 3 is 2.54 bits per heavy atom. The number of hydrogen-bond donors (Lipinski definition) is 2. The molecule has 1 aliphatic rings. The lowest BCUT2D eigenvalue weighted by atomic mass is 9.81. The van der Waals surface area contributed by atoms with Crippen LogP contribution in [0.3, 0.4) is 0 Å². The van der Waals surface area contributed by atoms with Crippen LogP contribution >= 0.6 is 0 Å². The fourth-order valence-corrected chi connectivity index (χ4v) is 2.62. The van der Waals surface area contributed by atoms with E-state index < -0.39 is 10.0 Å². The summed E-state index contributed by atoms with van der Waals surface area (Å²) in [6.45, 7) is 1.57.